The van der Waals surface area contributed by atoms with E-state index in [-0.39, 0.29) is 5.56 Å². The molecule has 3 aromatic rings. The van der Waals surface area contributed by atoms with Crippen molar-refractivity contribution in [2.45, 2.75) is 32.1 Å². The summed E-state index contributed by atoms with van der Waals surface area (Å²) in [4.78, 5) is 15.0. The van der Waals surface area contributed by atoms with Gasteiger partial charge >= 0.3 is 0 Å². The van der Waals surface area contributed by atoms with Crippen LogP contribution in [0.2, 0.25) is 10.0 Å². The molecule has 0 radical (unpaired) electrons. The van der Waals surface area contributed by atoms with Gasteiger partial charge in [-0.1, -0.05) is 54.4 Å². The summed E-state index contributed by atoms with van der Waals surface area (Å²) in [6.07, 6.45) is 1.10. The lowest BCUT2D eigenvalue weighted by Gasteiger charge is -2.23. The SMILES string of the molecule is CCc1cc2ccc(C(C)(C#N)Cc3cccc(Cl)c3Cl)cc2[nH]c1=O. The number of pyridine rings is 1. The van der Waals surface area contributed by atoms with Crippen molar-refractivity contribution in [3.63, 3.8) is 0 Å². The van der Waals surface area contributed by atoms with Crippen LogP contribution in [0.4, 0.5) is 0 Å². The predicted molar refractivity (Wildman–Crippen MR) is 107 cm³/mol. The second-order valence-electron chi connectivity index (χ2n) is 6.61. The first-order valence-electron chi connectivity index (χ1n) is 8.38. The lowest BCUT2D eigenvalue weighted by atomic mass is 9.78. The third kappa shape index (κ3) is 3.35. The van der Waals surface area contributed by atoms with E-state index < -0.39 is 5.41 Å². The quantitative estimate of drug-likeness (QED) is 0.652. The van der Waals surface area contributed by atoms with Crippen molar-refractivity contribution in [3.8, 4) is 6.07 Å². The maximum Gasteiger partial charge on any atom is 0.251 e. The van der Waals surface area contributed by atoms with Crippen molar-refractivity contribution < 1.29 is 0 Å². The molecule has 3 rings (SSSR count). The Bertz CT molecular complexity index is 1080. The largest absolute Gasteiger partial charge is 0.322 e. The second kappa shape index (κ2) is 7.15. The average molecular weight is 385 g/mol. The summed E-state index contributed by atoms with van der Waals surface area (Å²) >= 11 is 12.4. The highest BCUT2D eigenvalue weighted by molar-refractivity contribution is 6.42. The lowest BCUT2D eigenvalue weighted by Crippen LogP contribution is -2.23. The smallest absolute Gasteiger partial charge is 0.251 e. The Balaban J connectivity index is 2.08. The summed E-state index contributed by atoms with van der Waals surface area (Å²) in [5.74, 6) is 0. The van der Waals surface area contributed by atoms with Gasteiger partial charge in [-0.2, -0.15) is 5.26 Å². The Hall–Kier alpha value is -2.28. The minimum atomic E-state index is -0.803. The van der Waals surface area contributed by atoms with Crippen LogP contribution >= 0.6 is 23.2 Å². The van der Waals surface area contributed by atoms with Crippen LogP contribution < -0.4 is 5.56 Å². The van der Waals surface area contributed by atoms with Crippen molar-refractivity contribution in [1.82, 2.24) is 4.98 Å². The number of H-pyrrole nitrogens is 1. The number of aromatic amines is 1. The van der Waals surface area contributed by atoms with Crippen LogP contribution in [0.15, 0.2) is 47.3 Å². The molecule has 5 heteroatoms. The molecule has 0 amide bonds. The maximum atomic E-state index is 12.1. The summed E-state index contributed by atoms with van der Waals surface area (Å²) in [6, 6.07) is 15.5. The molecule has 1 N–H and O–H groups in total. The van der Waals surface area contributed by atoms with Gasteiger partial charge < -0.3 is 4.98 Å². The number of fused-ring (bicyclic) bond motifs is 1. The van der Waals surface area contributed by atoms with E-state index in [1.165, 1.54) is 0 Å². The molecular weight excluding hydrogens is 367 g/mol. The number of aryl methyl sites for hydroxylation is 1. The molecule has 0 aliphatic carbocycles. The van der Waals surface area contributed by atoms with E-state index in [9.17, 15) is 10.1 Å². The molecule has 0 bridgehead atoms. The van der Waals surface area contributed by atoms with E-state index >= 15 is 0 Å². The number of benzene rings is 2. The Kier molecular flexibility index (Phi) is 5.09. The average Bonchev–Trinajstić information content (AvgIpc) is 2.64. The first kappa shape index (κ1) is 18.5. The second-order valence-corrected chi connectivity index (χ2v) is 7.40. The number of rotatable bonds is 4. The van der Waals surface area contributed by atoms with Crippen molar-refractivity contribution in [2.24, 2.45) is 0 Å². The van der Waals surface area contributed by atoms with Gasteiger partial charge in [-0.25, -0.2) is 0 Å². The Morgan fingerprint density at radius 2 is 1.92 bits per heavy atom. The third-order valence-corrected chi connectivity index (χ3v) is 5.62. The molecule has 0 fully saturated rings. The number of nitriles is 1. The van der Waals surface area contributed by atoms with Crippen LogP contribution in [0.3, 0.4) is 0 Å². The zero-order valence-corrected chi connectivity index (χ0v) is 16.1. The molecule has 0 saturated heterocycles. The Labute approximate surface area is 162 Å². The van der Waals surface area contributed by atoms with Gasteiger partial charge in [0.15, 0.2) is 0 Å². The number of halogens is 2. The van der Waals surface area contributed by atoms with Crippen LogP contribution in [0.5, 0.6) is 0 Å². The van der Waals surface area contributed by atoms with E-state index in [1.54, 1.807) is 6.07 Å². The highest BCUT2D eigenvalue weighted by Crippen LogP contribution is 2.34. The van der Waals surface area contributed by atoms with Gasteiger partial charge in [0.05, 0.1) is 21.5 Å². The summed E-state index contributed by atoms with van der Waals surface area (Å²) in [6.45, 7) is 3.82. The number of hydrogen-bond acceptors (Lipinski definition) is 2. The van der Waals surface area contributed by atoms with Gasteiger partial charge in [0, 0.05) is 11.1 Å². The van der Waals surface area contributed by atoms with Crippen LogP contribution in [-0.4, -0.2) is 4.98 Å². The van der Waals surface area contributed by atoms with Crippen molar-refractivity contribution in [2.75, 3.05) is 0 Å². The monoisotopic (exact) mass is 384 g/mol. The fourth-order valence-electron chi connectivity index (χ4n) is 3.12. The third-order valence-electron chi connectivity index (χ3n) is 4.76. The first-order chi connectivity index (χ1) is 12.4. The fourth-order valence-corrected chi connectivity index (χ4v) is 3.51. The fraction of sp³-hybridized carbons (Fsp3) is 0.238. The van der Waals surface area contributed by atoms with Gasteiger partial charge in [-0.05, 0) is 54.5 Å². The molecule has 1 heterocycles. The van der Waals surface area contributed by atoms with E-state index in [2.05, 4.69) is 11.1 Å². The van der Waals surface area contributed by atoms with Crippen molar-refractivity contribution in [1.29, 1.82) is 5.26 Å². The van der Waals surface area contributed by atoms with E-state index in [0.29, 0.717) is 22.9 Å². The minimum absolute atomic E-state index is 0.0892. The van der Waals surface area contributed by atoms with Crippen LogP contribution in [0.25, 0.3) is 10.9 Å². The van der Waals surface area contributed by atoms with Gasteiger partial charge in [-0.15, -0.1) is 0 Å². The van der Waals surface area contributed by atoms with Gasteiger partial charge in [0.2, 0.25) is 0 Å². The van der Waals surface area contributed by atoms with E-state index in [4.69, 9.17) is 23.2 Å². The summed E-state index contributed by atoms with van der Waals surface area (Å²) in [7, 11) is 0. The number of nitrogens with zero attached hydrogens (tertiary/aromatic N) is 1. The highest BCUT2D eigenvalue weighted by atomic mass is 35.5. The van der Waals surface area contributed by atoms with Crippen LogP contribution in [0.1, 0.15) is 30.5 Å². The predicted octanol–water partition coefficient (Wildman–Crippen LogP) is 5.42. The van der Waals surface area contributed by atoms with E-state index in [1.807, 2.05) is 50.2 Å². The summed E-state index contributed by atoms with van der Waals surface area (Å²) in [5, 5.41) is 11.8. The Morgan fingerprint density at radius 3 is 2.62 bits per heavy atom. The number of nitrogens with one attached hydrogen (secondary N) is 1. The molecule has 3 nitrogen and oxygen atoms in total. The molecule has 1 atom stereocenters. The van der Waals surface area contributed by atoms with E-state index in [0.717, 1.165) is 27.6 Å². The standard InChI is InChI=1S/C21H18Cl2N2O/c1-3-13-9-14-7-8-16(10-18(14)25-20(13)26)21(2,12-24)11-15-5-4-6-17(22)19(15)23/h4-10H,3,11H2,1-2H3,(H,25,26). The molecule has 0 saturated carbocycles. The Morgan fingerprint density at radius 1 is 1.15 bits per heavy atom. The van der Waals surface area contributed by atoms with Gasteiger partial charge in [0.25, 0.3) is 5.56 Å². The lowest BCUT2D eigenvalue weighted by molar-refractivity contribution is 0.607. The normalized spacial score (nSPS) is 13.3. The van der Waals surface area contributed by atoms with Crippen molar-refractivity contribution >= 4 is 34.1 Å². The van der Waals surface area contributed by atoms with Gasteiger partial charge in [0.1, 0.15) is 0 Å². The number of hydrogen-bond donors (Lipinski definition) is 1. The zero-order chi connectivity index (χ0) is 18.9. The van der Waals surface area contributed by atoms with Gasteiger partial charge in [-0.3, -0.25) is 4.79 Å². The zero-order valence-electron chi connectivity index (χ0n) is 14.6. The minimum Gasteiger partial charge on any atom is -0.322 e. The van der Waals surface area contributed by atoms with Crippen LogP contribution in [0, 0.1) is 11.3 Å². The molecule has 0 aliphatic heterocycles. The topological polar surface area (TPSA) is 56.6 Å². The molecular formula is C21H18Cl2N2O. The van der Waals surface area contributed by atoms with Crippen molar-refractivity contribution in [3.05, 3.63) is 79.6 Å². The van der Waals surface area contributed by atoms with Crippen LogP contribution in [-0.2, 0) is 18.3 Å². The molecule has 2 aromatic carbocycles. The molecule has 1 unspecified atom stereocenters. The molecule has 26 heavy (non-hydrogen) atoms. The molecule has 0 aliphatic rings. The highest BCUT2D eigenvalue weighted by Gasteiger charge is 2.28. The molecule has 1 aromatic heterocycles. The summed E-state index contributed by atoms with van der Waals surface area (Å²) in [5.41, 5.74) is 2.22. The first-order valence-corrected chi connectivity index (χ1v) is 9.14. The number of aromatic nitrogens is 1. The molecule has 132 valence electrons. The summed E-state index contributed by atoms with van der Waals surface area (Å²) < 4.78 is 0. The maximum absolute atomic E-state index is 12.1. The molecule has 0 spiro atoms.